The van der Waals surface area contributed by atoms with Gasteiger partial charge in [0.25, 0.3) is 5.91 Å². The Balaban J connectivity index is 1.32. The first kappa shape index (κ1) is 20.9. The van der Waals surface area contributed by atoms with Crippen LogP contribution in [0.15, 0.2) is 48.5 Å². The molecular weight excluding hydrogens is 416 g/mol. The van der Waals surface area contributed by atoms with Gasteiger partial charge >= 0.3 is 0 Å². The van der Waals surface area contributed by atoms with Crippen molar-refractivity contribution in [2.45, 2.75) is 26.3 Å². The predicted octanol–water partition coefficient (Wildman–Crippen LogP) is 3.59. The SMILES string of the molecule is Cc1nn(Cc2ccccc2)c(Cl)c1C(=O)NCCOc1ccc2c(c1)CCC(=O)N2. The van der Waals surface area contributed by atoms with Gasteiger partial charge in [0.2, 0.25) is 5.91 Å². The van der Waals surface area contributed by atoms with Crippen molar-refractivity contribution in [3.8, 4) is 5.75 Å². The first-order valence-electron chi connectivity index (χ1n) is 10.1. The first-order valence-corrected chi connectivity index (χ1v) is 10.5. The maximum atomic E-state index is 12.6. The van der Waals surface area contributed by atoms with Crippen LogP contribution in [0.5, 0.6) is 5.75 Å². The number of anilines is 1. The summed E-state index contributed by atoms with van der Waals surface area (Å²) in [6.45, 7) is 2.90. The van der Waals surface area contributed by atoms with Crippen LogP contribution in [0, 0.1) is 6.92 Å². The second-order valence-corrected chi connectivity index (χ2v) is 7.72. The normalized spacial score (nSPS) is 12.8. The van der Waals surface area contributed by atoms with Crippen LogP contribution in [-0.2, 0) is 17.8 Å². The van der Waals surface area contributed by atoms with Gasteiger partial charge in [-0.3, -0.25) is 9.59 Å². The molecule has 3 aromatic rings. The topological polar surface area (TPSA) is 85.2 Å². The van der Waals surface area contributed by atoms with Gasteiger partial charge in [0.15, 0.2) is 0 Å². The number of fused-ring (bicyclic) bond motifs is 1. The Kier molecular flexibility index (Phi) is 6.23. The lowest BCUT2D eigenvalue weighted by atomic mass is 10.0. The van der Waals surface area contributed by atoms with Crippen LogP contribution in [0.1, 0.15) is 33.6 Å². The summed E-state index contributed by atoms with van der Waals surface area (Å²) in [6, 6.07) is 15.4. The second kappa shape index (κ2) is 9.22. The predicted molar refractivity (Wildman–Crippen MR) is 119 cm³/mol. The number of carbonyl (C=O) groups is 2. The minimum atomic E-state index is -0.279. The summed E-state index contributed by atoms with van der Waals surface area (Å²) in [4.78, 5) is 24.1. The van der Waals surface area contributed by atoms with Gasteiger partial charge in [0.1, 0.15) is 17.5 Å². The number of aryl methyl sites for hydroxylation is 2. The van der Waals surface area contributed by atoms with Gasteiger partial charge in [0, 0.05) is 12.1 Å². The third-order valence-electron chi connectivity index (χ3n) is 5.10. The molecule has 8 heteroatoms. The van der Waals surface area contributed by atoms with Crippen molar-refractivity contribution in [2.24, 2.45) is 0 Å². The van der Waals surface area contributed by atoms with Gasteiger partial charge in [0.05, 0.1) is 24.3 Å². The van der Waals surface area contributed by atoms with E-state index in [0.29, 0.717) is 54.7 Å². The van der Waals surface area contributed by atoms with Crippen LogP contribution >= 0.6 is 11.6 Å². The summed E-state index contributed by atoms with van der Waals surface area (Å²) < 4.78 is 7.38. The van der Waals surface area contributed by atoms with Crippen molar-refractivity contribution in [3.63, 3.8) is 0 Å². The highest BCUT2D eigenvalue weighted by Crippen LogP contribution is 2.26. The number of carbonyl (C=O) groups excluding carboxylic acids is 2. The molecule has 0 atom stereocenters. The molecule has 0 spiro atoms. The lowest BCUT2D eigenvalue weighted by Gasteiger charge is -2.17. The molecule has 0 saturated carbocycles. The summed E-state index contributed by atoms with van der Waals surface area (Å²) in [5, 5.41) is 10.4. The van der Waals surface area contributed by atoms with Crippen molar-refractivity contribution in [1.29, 1.82) is 0 Å². The zero-order valence-electron chi connectivity index (χ0n) is 17.2. The Morgan fingerprint density at radius 1 is 1.23 bits per heavy atom. The Morgan fingerprint density at radius 3 is 2.84 bits per heavy atom. The van der Waals surface area contributed by atoms with Crippen molar-refractivity contribution in [1.82, 2.24) is 15.1 Å². The molecule has 0 aliphatic carbocycles. The van der Waals surface area contributed by atoms with Gasteiger partial charge in [-0.1, -0.05) is 41.9 Å². The number of benzene rings is 2. The Labute approximate surface area is 185 Å². The Morgan fingerprint density at radius 2 is 2.03 bits per heavy atom. The molecule has 0 fully saturated rings. The number of amides is 2. The zero-order valence-corrected chi connectivity index (χ0v) is 17.9. The van der Waals surface area contributed by atoms with Crippen molar-refractivity contribution in [2.75, 3.05) is 18.5 Å². The number of halogens is 1. The quantitative estimate of drug-likeness (QED) is 0.552. The number of nitrogens with zero attached hydrogens (tertiary/aromatic N) is 2. The van der Waals surface area contributed by atoms with Gasteiger partial charge in [-0.2, -0.15) is 5.10 Å². The van der Waals surface area contributed by atoms with E-state index in [4.69, 9.17) is 16.3 Å². The third kappa shape index (κ3) is 4.88. The van der Waals surface area contributed by atoms with E-state index in [-0.39, 0.29) is 11.8 Å². The van der Waals surface area contributed by atoms with E-state index in [2.05, 4.69) is 15.7 Å². The number of hydrogen-bond acceptors (Lipinski definition) is 4. The zero-order chi connectivity index (χ0) is 21.8. The first-order chi connectivity index (χ1) is 15.0. The highest BCUT2D eigenvalue weighted by Gasteiger charge is 2.20. The average Bonchev–Trinajstić information content (AvgIpc) is 3.04. The Hall–Kier alpha value is -3.32. The van der Waals surface area contributed by atoms with Crippen LogP contribution in [0.2, 0.25) is 5.15 Å². The minimum Gasteiger partial charge on any atom is -0.492 e. The van der Waals surface area contributed by atoms with Crippen LogP contribution in [0.4, 0.5) is 5.69 Å². The fourth-order valence-electron chi connectivity index (χ4n) is 3.54. The largest absolute Gasteiger partial charge is 0.492 e. The molecule has 0 bridgehead atoms. The molecule has 7 nitrogen and oxygen atoms in total. The van der Waals surface area contributed by atoms with E-state index in [1.165, 1.54) is 0 Å². The second-order valence-electron chi connectivity index (χ2n) is 7.37. The number of hydrogen-bond donors (Lipinski definition) is 2. The molecule has 1 aliphatic heterocycles. The molecule has 31 heavy (non-hydrogen) atoms. The number of rotatable bonds is 7. The molecule has 1 aliphatic rings. The van der Waals surface area contributed by atoms with Gasteiger partial charge in [-0.15, -0.1) is 0 Å². The summed E-state index contributed by atoms with van der Waals surface area (Å²) in [7, 11) is 0. The van der Waals surface area contributed by atoms with Crippen molar-refractivity contribution in [3.05, 3.63) is 76.1 Å². The molecule has 0 radical (unpaired) electrons. The molecule has 2 aromatic carbocycles. The fourth-order valence-corrected chi connectivity index (χ4v) is 3.86. The van der Waals surface area contributed by atoms with Crippen LogP contribution in [0.25, 0.3) is 0 Å². The monoisotopic (exact) mass is 438 g/mol. The van der Waals surface area contributed by atoms with E-state index in [0.717, 1.165) is 16.8 Å². The number of aromatic nitrogens is 2. The summed E-state index contributed by atoms with van der Waals surface area (Å²) >= 11 is 6.44. The van der Waals surface area contributed by atoms with Gasteiger partial charge in [-0.25, -0.2) is 4.68 Å². The van der Waals surface area contributed by atoms with Gasteiger partial charge in [-0.05, 0) is 42.7 Å². The highest BCUT2D eigenvalue weighted by atomic mass is 35.5. The van der Waals surface area contributed by atoms with Crippen molar-refractivity contribution >= 4 is 29.1 Å². The maximum absolute atomic E-state index is 12.6. The maximum Gasteiger partial charge on any atom is 0.256 e. The molecule has 2 heterocycles. The molecule has 0 saturated heterocycles. The van der Waals surface area contributed by atoms with Crippen molar-refractivity contribution < 1.29 is 14.3 Å². The van der Waals surface area contributed by atoms with Gasteiger partial charge < -0.3 is 15.4 Å². The average molecular weight is 439 g/mol. The fraction of sp³-hybridized carbons (Fsp3) is 0.261. The lowest BCUT2D eigenvalue weighted by molar-refractivity contribution is -0.116. The third-order valence-corrected chi connectivity index (χ3v) is 5.48. The molecule has 160 valence electrons. The molecule has 0 unspecified atom stereocenters. The van der Waals surface area contributed by atoms with E-state index >= 15 is 0 Å². The Bertz CT molecular complexity index is 1110. The minimum absolute atomic E-state index is 0.0323. The summed E-state index contributed by atoms with van der Waals surface area (Å²) in [5.41, 5.74) is 3.89. The van der Waals surface area contributed by atoms with Crippen LogP contribution < -0.4 is 15.4 Å². The lowest BCUT2D eigenvalue weighted by Crippen LogP contribution is -2.28. The van der Waals surface area contributed by atoms with E-state index in [1.54, 1.807) is 17.7 Å². The molecule has 2 N–H and O–H groups in total. The highest BCUT2D eigenvalue weighted by molar-refractivity contribution is 6.33. The van der Waals surface area contributed by atoms with E-state index in [1.807, 2.05) is 42.5 Å². The van der Waals surface area contributed by atoms with Crippen LogP contribution in [0.3, 0.4) is 0 Å². The smallest absolute Gasteiger partial charge is 0.256 e. The summed E-state index contributed by atoms with van der Waals surface area (Å²) in [5.74, 6) is 0.456. The van der Waals surface area contributed by atoms with E-state index in [9.17, 15) is 9.59 Å². The number of nitrogens with one attached hydrogen (secondary N) is 2. The standard InChI is InChI=1S/C23H23ClN4O3/c1-15-21(22(24)28(27-15)14-16-5-3-2-4-6-16)23(30)25-11-12-31-18-8-9-19-17(13-18)7-10-20(29)26-19/h2-6,8-9,13H,7,10-12,14H2,1H3,(H,25,30)(H,26,29). The number of ether oxygens (including phenoxy) is 1. The summed E-state index contributed by atoms with van der Waals surface area (Å²) in [6.07, 6.45) is 1.17. The molecular formula is C23H23ClN4O3. The van der Waals surface area contributed by atoms with Crippen LogP contribution in [-0.4, -0.2) is 34.7 Å². The van der Waals surface area contributed by atoms with E-state index < -0.39 is 0 Å². The molecule has 1 aromatic heterocycles. The molecule has 4 rings (SSSR count). The molecule has 2 amide bonds.